The van der Waals surface area contributed by atoms with Gasteiger partial charge in [-0.15, -0.1) is 15.2 Å². The Morgan fingerprint density at radius 3 is 3.00 bits per heavy atom. The van der Waals surface area contributed by atoms with Crippen molar-refractivity contribution in [3.8, 4) is 0 Å². The van der Waals surface area contributed by atoms with Crippen molar-refractivity contribution in [2.75, 3.05) is 0 Å². The summed E-state index contributed by atoms with van der Waals surface area (Å²) in [6.45, 7) is 0. The Balaban J connectivity index is 2.48. The van der Waals surface area contributed by atoms with Gasteiger partial charge in [-0.05, 0) is 22.4 Å². The van der Waals surface area contributed by atoms with Gasteiger partial charge in [-0.1, -0.05) is 0 Å². The average Bonchev–Trinajstić information content (AvgIpc) is 2.64. The second kappa shape index (κ2) is 6.26. The smallest absolute Gasteiger partial charge is 0.182 e. The van der Waals surface area contributed by atoms with Gasteiger partial charge in [0, 0.05) is 17.5 Å². The number of rotatable bonds is 4. The Kier molecular flexibility index (Phi) is 5.29. The van der Waals surface area contributed by atoms with Crippen molar-refractivity contribution in [1.29, 1.82) is 0 Å². The van der Waals surface area contributed by atoms with Gasteiger partial charge >= 0.3 is 0 Å². The lowest BCUT2D eigenvalue weighted by Crippen LogP contribution is -2.31. The third-order valence-electron chi connectivity index (χ3n) is 1.60. The number of nitrogens with two attached hydrogens (primary N) is 2. The van der Waals surface area contributed by atoms with Gasteiger partial charge in [0.05, 0.1) is 0 Å². The fourth-order valence-electron chi connectivity index (χ4n) is 0.906. The first-order valence-corrected chi connectivity index (χ1v) is 6.16. The number of aromatic nitrogens is 1. The van der Waals surface area contributed by atoms with Crippen LogP contribution in [0.3, 0.4) is 0 Å². The van der Waals surface area contributed by atoms with Crippen molar-refractivity contribution in [2.45, 2.75) is 12.8 Å². The minimum atomic E-state index is -0.123. The van der Waals surface area contributed by atoms with E-state index in [4.69, 9.17) is 11.7 Å². The van der Waals surface area contributed by atoms with Crippen LogP contribution in [0.1, 0.15) is 11.3 Å². The fourth-order valence-corrected chi connectivity index (χ4v) is 2.48. The minimum absolute atomic E-state index is 0.123. The number of amidine groups is 1. The second-order valence-electron chi connectivity index (χ2n) is 2.52. The van der Waals surface area contributed by atoms with Crippen molar-refractivity contribution in [1.82, 2.24) is 9.40 Å². The molecule has 0 saturated carbocycles. The largest absolute Gasteiger partial charge is 0.322 e. The van der Waals surface area contributed by atoms with Crippen molar-refractivity contribution in [3.63, 3.8) is 0 Å². The zero-order valence-electron chi connectivity index (χ0n) is 7.56. The van der Waals surface area contributed by atoms with E-state index >= 15 is 0 Å². The maximum absolute atomic E-state index is 12.1. The van der Waals surface area contributed by atoms with Crippen LogP contribution in [0, 0.1) is 0 Å². The van der Waals surface area contributed by atoms with Crippen LogP contribution in [0.15, 0.2) is 15.2 Å². The predicted molar refractivity (Wildman–Crippen MR) is 64.5 cm³/mol. The predicted octanol–water partition coefficient (Wildman–Crippen LogP) is 1.82. The number of aryl methyl sites for hydroxylation is 1. The molecule has 1 aromatic rings. The molecule has 0 fully saturated rings. The van der Waals surface area contributed by atoms with Gasteiger partial charge < -0.3 is 5.84 Å². The van der Waals surface area contributed by atoms with Crippen LogP contribution < -0.4 is 11.7 Å². The molecule has 5 nitrogen and oxygen atoms in total. The summed E-state index contributed by atoms with van der Waals surface area (Å²) >= 11 is 4.64. The summed E-state index contributed by atoms with van der Waals surface area (Å²) in [7, 11) is 0. The zero-order valence-corrected chi connectivity index (χ0v) is 10.8. The topological polar surface area (TPSA) is 80.5 Å². The Morgan fingerprint density at radius 1 is 1.80 bits per heavy atom. The van der Waals surface area contributed by atoms with E-state index in [-0.39, 0.29) is 12.3 Å². The zero-order chi connectivity index (χ0) is 11.3. The van der Waals surface area contributed by atoms with Gasteiger partial charge in [0.25, 0.3) is 0 Å². The van der Waals surface area contributed by atoms with Gasteiger partial charge in [-0.2, -0.15) is 5.10 Å². The highest BCUT2D eigenvalue weighted by atomic mass is 79.9. The second-order valence-corrected chi connectivity index (χ2v) is 5.44. The van der Waals surface area contributed by atoms with Crippen LogP contribution in [-0.4, -0.2) is 15.2 Å². The first-order chi connectivity index (χ1) is 7.17. The molecule has 0 aliphatic heterocycles. The molecule has 0 bridgehead atoms. The molecule has 1 aromatic heterocycles. The Labute approximate surface area is 103 Å². The van der Waals surface area contributed by atoms with Crippen molar-refractivity contribution in [2.24, 2.45) is 16.8 Å². The van der Waals surface area contributed by atoms with Gasteiger partial charge in [0.1, 0.15) is 0 Å². The highest BCUT2D eigenvalue weighted by molar-refractivity contribution is 9.11. The van der Waals surface area contributed by atoms with E-state index in [1.165, 1.54) is 11.3 Å². The molecule has 9 heteroatoms. The highest BCUT2D eigenvalue weighted by Crippen LogP contribution is 2.20. The molecule has 0 amide bonds. The van der Waals surface area contributed by atoms with Crippen molar-refractivity contribution in [3.05, 3.63) is 15.0 Å². The molecule has 0 aromatic carbocycles. The maximum Gasteiger partial charge on any atom is 0.182 e. The number of hydrogen-bond acceptors (Lipinski definition) is 6. The van der Waals surface area contributed by atoms with Crippen LogP contribution in [-0.2, 0) is 6.42 Å². The Morgan fingerprint density at radius 2 is 2.53 bits per heavy atom. The molecule has 0 aliphatic rings. The molecule has 0 unspecified atom stereocenters. The number of thiazole rings is 1. The maximum atomic E-state index is 12.1. The number of nitrogens with zero attached hydrogens (tertiary/aromatic N) is 3. The number of halogens is 2. The van der Waals surface area contributed by atoms with Crippen LogP contribution in [0.2, 0.25) is 0 Å². The summed E-state index contributed by atoms with van der Waals surface area (Å²) in [6.07, 6.45) is 2.89. The van der Waals surface area contributed by atoms with Crippen LogP contribution in [0.4, 0.5) is 3.89 Å². The van der Waals surface area contributed by atoms with E-state index < -0.39 is 0 Å². The lowest BCUT2D eigenvalue weighted by Gasteiger charge is -2.12. The minimum Gasteiger partial charge on any atom is -0.322 e. The molecule has 0 spiro atoms. The molecule has 84 valence electrons. The standard InChI is InChI=1S/C6H9BrFN5S2/c7-6-11-3-4(14-6)1-2-5(12-9)13(10)15-8/h3H,1-2,9-10H2/b12-5-. The van der Waals surface area contributed by atoms with Gasteiger partial charge in [0.15, 0.2) is 22.1 Å². The third kappa shape index (κ3) is 3.93. The molecule has 15 heavy (non-hydrogen) atoms. The molecule has 0 atom stereocenters. The monoisotopic (exact) mass is 313 g/mol. The van der Waals surface area contributed by atoms with E-state index in [2.05, 4.69) is 26.0 Å². The number of hydrazone groups is 1. The van der Waals surface area contributed by atoms with Crippen LogP contribution >= 0.6 is 39.6 Å². The molecule has 4 N–H and O–H groups in total. The molecular weight excluding hydrogens is 305 g/mol. The first kappa shape index (κ1) is 12.7. The third-order valence-corrected chi connectivity index (χ3v) is 3.49. The van der Waals surface area contributed by atoms with Crippen LogP contribution in [0.5, 0.6) is 0 Å². The summed E-state index contributed by atoms with van der Waals surface area (Å²) in [5.74, 6) is 10.7. The summed E-state index contributed by atoms with van der Waals surface area (Å²) in [5, 5.41) is 3.41. The Hall–Kier alpha value is -0.380. The Bertz CT molecular complexity index is 344. The summed E-state index contributed by atoms with van der Waals surface area (Å²) in [5.41, 5.74) is 0. The van der Waals surface area contributed by atoms with Gasteiger partial charge in [0.2, 0.25) is 0 Å². The normalized spacial score (nSPS) is 11.8. The van der Waals surface area contributed by atoms with Crippen molar-refractivity contribution < 1.29 is 3.89 Å². The molecule has 0 aliphatic carbocycles. The van der Waals surface area contributed by atoms with Crippen LogP contribution in [0.25, 0.3) is 0 Å². The SMILES string of the molecule is N/N=C(/CCc1cnc(Br)s1)N(N)SF. The van der Waals surface area contributed by atoms with E-state index in [9.17, 15) is 3.89 Å². The van der Waals surface area contributed by atoms with Gasteiger partial charge in [-0.3, -0.25) is 0 Å². The molecule has 0 radical (unpaired) electrons. The van der Waals surface area contributed by atoms with Crippen molar-refractivity contribution >= 4 is 45.4 Å². The lowest BCUT2D eigenvalue weighted by atomic mass is 10.3. The molecule has 1 heterocycles. The average molecular weight is 314 g/mol. The molecule has 1 rings (SSSR count). The van der Waals surface area contributed by atoms with E-state index in [1.54, 1.807) is 6.20 Å². The van der Waals surface area contributed by atoms with Gasteiger partial charge in [-0.25, -0.2) is 15.2 Å². The quantitative estimate of drug-likeness (QED) is 0.291. The number of hydrogen-bond donors (Lipinski definition) is 2. The summed E-state index contributed by atoms with van der Waals surface area (Å²) < 4.78 is 13.7. The summed E-state index contributed by atoms with van der Waals surface area (Å²) in [6, 6.07) is 0. The molecule has 0 saturated heterocycles. The van der Waals surface area contributed by atoms with E-state index in [1.807, 2.05) is 0 Å². The van der Waals surface area contributed by atoms with E-state index in [0.717, 1.165) is 13.2 Å². The lowest BCUT2D eigenvalue weighted by molar-refractivity contribution is 0.667. The fraction of sp³-hybridized carbons (Fsp3) is 0.333. The number of hydrazine groups is 1. The molecular formula is C6H9BrFN5S2. The highest BCUT2D eigenvalue weighted by Gasteiger charge is 2.09. The summed E-state index contributed by atoms with van der Waals surface area (Å²) in [4.78, 5) is 5.08. The van der Waals surface area contributed by atoms with E-state index in [0.29, 0.717) is 18.7 Å². The first-order valence-electron chi connectivity index (χ1n) is 3.88.